The van der Waals surface area contributed by atoms with Crippen LogP contribution in [0.3, 0.4) is 0 Å². The highest BCUT2D eigenvalue weighted by Crippen LogP contribution is 2.14. The van der Waals surface area contributed by atoms with E-state index in [-0.39, 0.29) is 17.5 Å². The molecule has 1 N–H and O–H groups in total. The third-order valence-electron chi connectivity index (χ3n) is 2.61. The largest absolute Gasteiger partial charge is 0.360 e. The minimum atomic E-state index is -0.00600. The number of rotatable bonds is 4. The van der Waals surface area contributed by atoms with Crippen LogP contribution in [0.4, 0.5) is 5.82 Å². The van der Waals surface area contributed by atoms with Gasteiger partial charge in [0.15, 0.2) is 16.8 Å². The van der Waals surface area contributed by atoms with Crippen LogP contribution in [0, 0.1) is 13.8 Å². The summed E-state index contributed by atoms with van der Waals surface area (Å²) in [5.74, 6) is 0.412. The van der Waals surface area contributed by atoms with E-state index in [4.69, 9.17) is 11.6 Å². The van der Waals surface area contributed by atoms with E-state index in [1.54, 1.807) is 0 Å². The van der Waals surface area contributed by atoms with Gasteiger partial charge >= 0.3 is 0 Å². The lowest BCUT2D eigenvalue weighted by molar-refractivity contribution is 0.101. The molecule has 0 saturated carbocycles. The van der Waals surface area contributed by atoms with E-state index in [1.807, 2.05) is 32.0 Å². The quantitative estimate of drug-likeness (QED) is 0.872. The molecule has 0 aliphatic heterocycles. The minimum Gasteiger partial charge on any atom is -0.360 e. The van der Waals surface area contributed by atoms with Crippen molar-refractivity contribution in [2.45, 2.75) is 13.8 Å². The molecule has 0 aliphatic carbocycles. The fraction of sp³-hybridized carbons (Fsp3) is 0.214. The van der Waals surface area contributed by atoms with Crippen LogP contribution >= 0.6 is 11.6 Å². The summed E-state index contributed by atoms with van der Waals surface area (Å²) in [4.78, 5) is 20.0. The average molecular weight is 276 g/mol. The number of carbonyl (C=O) groups excluding carboxylic acids is 1. The highest BCUT2D eigenvalue weighted by Gasteiger charge is 2.08. The molecule has 0 saturated heterocycles. The molecule has 19 heavy (non-hydrogen) atoms. The monoisotopic (exact) mass is 275 g/mol. The number of aromatic nitrogens is 2. The van der Waals surface area contributed by atoms with E-state index >= 15 is 0 Å². The van der Waals surface area contributed by atoms with Gasteiger partial charge in [-0.15, -0.1) is 0 Å². The molecule has 0 amide bonds. The number of nitrogens with one attached hydrogen (secondary N) is 1. The summed E-state index contributed by atoms with van der Waals surface area (Å²) < 4.78 is 0. The van der Waals surface area contributed by atoms with Crippen molar-refractivity contribution in [1.29, 1.82) is 0 Å². The first kappa shape index (κ1) is 13.5. The fourth-order valence-electron chi connectivity index (χ4n) is 1.84. The first-order valence-electron chi connectivity index (χ1n) is 5.88. The van der Waals surface area contributed by atoms with Crippen molar-refractivity contribution in [2.75, 3.05) is 11.9 Å². The van der Waals surface area contributed by atoms with Gasteiger partial charge in [-0.25, -0.2) is 9.97 Å². The zero-order valence-corrected chi connectivity index (χ0v) is 11.5. The molecular weight excluding hydrogens is 262 g/mol. The van der Waals surface area contributed by atoms with Gasteiger partial charge in [-0.3, -0.25) is 4.79 Å². The van der Waals surface area contributed by atoms with Crippen LogP contribution in [0.25, 0.3) is 0 Å². The lowest BCUT2D eigenvalue weighted by Crippen LogP contribution is -2.15. The Labute approximate surface area is 116 Å². The van der Waals surface area contributed by atoms with Crippen LogP contribution in [-0.4, -0.2) is 22.3 Å². The van der Waals surface area contributed by atoms with Crippen molar-refractivity contribution in [3.63, 3.8) is 0 Å². The van der Waals surface area contributed by atoms with Crippen molar-refractivity contribution < 1.29 is 4.79 Å². The summed E-state index contributed by atoms with van der Waals surface area (Å²) in [5, 5.41) is 3.15. The normalized spacial score (nSPS) is 10.3. The number of hydrogen-bond donors (Lipinski definition) is 1. The number of hydrogen-bond acceptors (Lipinski definition) is 4. The van der Waals surface area contributed by atoms with Gasteiger partial charge in [0.25, 0.3) is 0 Å². The molecule has 1 aromatic heterocycles. The Bertz CT molecular complexity index is 593. The van der Waals surface area contributed by atoms with E-state index in [0.717, 1.165) is 11.1 Å². The third kappa shape index (κ3) is 3.51. The Hall–Kier alpha value is -1.94. The maximum atomic E-state index is 12.1. The summed E-state index contributed by atoms with van der Waals surface area (Å²) in [6.45, 7) is 4.08. The Morgan fingerprint density at radius 1 is 1.16 bits per heavy atom. The Balaban J connectivity index is 2.08. The number of halogens is 1. The van der Waals surface area contributed by atoms with E-state index in [0.29, 0.717) is 11.4 Å². The number of aryl methyl sites for hydroxylation is 2. The van der Waals surface area contributed by atoms with Crippen LogP contribution in [0.2, 0.25) is 5.15 Å². The van der Waals surface area contributed by atoms with Crippen molar-refractivity contribution in [2.24, 2.45) is 0 Å². The Morgan fingerprint density at radius 3 is 2.42 bits per heavy atom. The van der Waals surface area contributed by atoms with Crippen molar-refractivity contribution >= 4 is 23.2 Å². The van der Waals surface area contributed by atoms with Crippen LogP contribution in [0.1, 0.15) is 21.5 Å². The van der Waals surface area contributed by atoms with Crippen molar-refractivity contribution in [1.82, 2.24) is 9.97 Å². The second kappa shape index (κ2) is 5.80. The standard InChI is InChI=1S/C14H14ClN3O/c1-9-5-10(2)7-11(6-9)12(19)8-18-14-13(15)16-3-4-17-14/h3-7H,8H2,1-2H3,(H,17,18). The molecule has 0 aliphatic rings. The number of Topliss-reactive ketones (excluding diaryl/α,β-unsaturated/α-hetero) is 1. The molecule has 2 aromatic rings. The van der Waals surface area contributed by atoms with Crippen LogP contribution in [0.15, 0.2) is 30.6 Å². The van der Waals surface area contributed by atoms with Crippen LogP contribution < -0.4 is 5.32 Å². The molecule has 0 unspecified atom stereocenters. The van der Waals surface area contributed by atoms with Crippen LogP contribution in [-0.2, 0) is 0 Å². The van der Waals surface area contributed by atoms with Gasteiger partial charge in [-0.1, -0.05) is 28.8 Å². The fourth-order valence-corrected chi connectivity index (χ4v) is 2.01. The molecule has 0 radical (unpaired) electrons. The first-order chi connectivity index (χ1) is 9.06. The summed E-state index contributed by atoms with van der Waals surface area (Å²) in [7, 11) is 0. The first-order valence-corrected chi connectivity index (χ1v) is 6.26. The molecule has 0 fully saturated rings. The predicted octanol–water partition coefficient (Wildman–Crippen LogP) is 3.04. The average Bonchev–Trinajstić information content (AvgIpc) is 2.36. The van der Waals surface area contributed by atoms with E-state index in [9.17, 15) is 4.79 Å². The van der Waals surface area contributed by atoms with Gasteiger partial charge in [0.2, 0.25) is 0 Å². The van der Waals surface area contributed by atoms with Crippen molar-refractivity contribution in [3.8, 4) is 0 Å². The smallest absolute Gasteiger partial charge is 0.181 e. The van der Waals surface area contributed by atoms with E-state index in [1.165, 1.54) is 12.4 Å². The molecule has 98 valence electrons. The highest BCUT2D eigenvalue weighted by atomic mass is 35.5. The van der Waals surface area contributed by atoms with E-state index in [2.05, 4.69) is 15.3 Å². The predicted molar refractivity (Wildman–Crippen MR) is 75.8 cm³/mol. The Kier molecular flexibility index (Phi) is 4.12. The summed E-state index contributed by atoms with van der Waals surface area (Å²) in [6, 6.07) is 5.77. The van der Waals surface area contributed by atoms with E-state index < -0.39 is 0 Å². The lowest BCUT2D eigenvalue weighted by Gasteiger charge is -2.07. The molecule has 4 nitrogen and oxygen atoms in total. The zero-order chi connectivity index (χ0) is 13.8. The third-order valence-corrected chi connectivity index (χ3v) is 2.89. The second-order valence-corrected chi connectivity index (χ2v) is 4.71. The number of ketones is 1. The number of anilines is 1. The summed E-state index contributed by atoms with van der Waals surface area (Å²) in [6.07, 6.45) is 3.02. The van der Waals surface area contributed by atoms with Gasteiger partial charge in [-0.05, 0) is 26.0 Å². The molecule has 0 atom stereocenters. The topological polar surface area (TPSA) is 54.9 Å². The van der Waals surface area contributed by atoms with Gasteiger partial charge in [0.05, 0.1) is 6.54 Å². The summed E-state index contributed by atoms with van der Waals surface area (Å²) >= 11 is 5.86. The lowest BCUT2D eigenvalue weighted by atomic mass is 10.0. The van der Waals surface area contributed by atoms with Gasteiger partial charge in [0.1, 0.15) is 0 Å². The molecule has 1 heterocycles. The van der Waals surface area contributed by atoms with Crippen LogP contribution in [0.5, 0.6) is 0 Å². The second-order valence-electron chi connectivity index (χ2n) is 4.35. The zero-order valence-electron chi connectivity index (χ0n) is 10.8. The van der Waals surface area contributed by atoms with Crippen molar-refractivity contribution in [3.05, 3.63) is 52.4 Å². The highest BCUT2D eigenvalue weighted by molar-refractivity contribution is 6.31. The van der Waals surface area contributed by atoms with Gasteiger partial charge in [0, 0.05) is 18.0 Å². The minimum absolute atomic E-state index is 0.00600. The van der Waals surface area contributed by atoms with Gasteiger partial charge < -0.3 is 5.32 Å². The molecule has 5 heteroatoms. The Morgan fingerprint density at radius 2 is 1.79 bits per heavy atom. The maximum Gasteiger partial charge on any atom is 0.181 e. The number of nitrogens with zero attached hydrogens (tertiary/aromatic N) is 2. The summed E-state index contributed by atoms with van der Waals surface area (Å²) in [5.41, 5.74) is 2.83. The molecule has 1 aromatic carbocycles. The molecular formula is C14H14ClN3O. The number of carbonyl (C=O) groups is 1. The molecule has 0 bridgehead atoms. The maximum absolute atomic E-state index is 12.1. The van der Waals surface area contributed by atoms with Gasteiger partial charge in [-0.2, -0.15) is 0 Å². The molecule has 0 spiro atoms. The molecule has 2 rings (SSSR count). The number of benzene rings is 1. The SMILES string of the molecule is Cc1cc(C)cc(C(=O)CNc2nccnc2Cl)c1.